The summed E-state index contributed by atoms with van der Waals surface area (Å²) in [5, 5.41) is 10.1. The van der Waals surface area contributed by atoms with Crippen LogP contribution in [0, 0.1) is 0 Å². The van der Waals surface area contributed by atoms with Crippen LogP contribution in [0.1, 0.15) is 18.1 Å². The largest absolute Gasteiger partial charge is 0.479 e. The second-order valence-electron chi connectivity index (χ2n) is 5.54. The molecule has 2 rings (SSSR count). The van der Waals surface area contributed by atoms with Gasteiger partial charge in [0.2, 0.25) is 5.91 Å². The Balaban J connectivity index is 2.65. The summed E-state index contributed by atoms with van der Waals surface area (Å²) in [4.78, 5) is 26.1. The molecule has 0 aromatic heterocycles. The van der Waals surface area contributed by atoms with Gasteiger partial charge in [0, 0.05) is 18.2 Å². The average Bonchev–Trinajstić information content (AvgIpc) is 2.65. The number of hydrogen-bond donors (Lipinski definition) is 2. The Hall–Kier alpha value is -2.09. The highest BCUT2D eigenvalue weighted by molar-refractivity contribution is 7.82. The number of amides is 1. The molecule has 1 amide bonds. The van der Waals surface area contributed by atoms with Crippen molar-refractivity contribution in [3.63, 3.8) is 0 Å². The van der Waals surface area contributed by atoms with Crippen molar-refractivity contribution in [2.75, 3.05) is 5.75 Å². The first kappa shape index (κ1) is 20.2. The van der Waals surface area contributed by atoms with Gasteiger partial charge < -0.3 is 5.11 Å². The van der Waals surface area contributed by atoms with Gasteiger partial charge in [-0.25, -0.2) is 4.79 Å². The maximum Gasteiger partial charge on any atom is 0.336 e. The van der Waals surface area contributed by atoms with Gasteiger partial charge in [-0.3, -0.25) is 9.69 Å². The van der Waals surface area contributed by atoms with Crippen LogP contribution in [0.3, 0.4) is 0 Å². The molecule has 1 N–H and O–H groups in total. The average molecular weight is 404 g/mol. The number of benzene rings is 2. The molecule has 0 bridgehead atoms. The second kappa shape index (κ2) is 8.53. The van der Waals surface area contributed by atoms with Crippen LogP contribution >= 0.6 is 37.1 Å². The molecule has 1 unspecified atom stereocenters. The first-order chi connectivity index (χ1) is 12.4. The van der Waals surface area contributed by atoms with Gasteiger partial charge in [0.25, 0.3) is 0 Å². The molecule has 0 saturated heterocycles. The van der Waals surface area contributed by atoms with E-state index in [1.54, 1.807) is 54.6 Å². The zero-order valence-corrected chi connectivity index (χ0v) is 16.5. The molecule has 0 heterocycles. The van der Waals surface area contributed by atoms with Gasteiger partial charge in [-0.1, -0.05) is 85.1 Å². The van der Waals surface area contributed by atoms with Gasteiger partial charge in [-0.2, -0.15) is 12.6 Å². The van der Waals surface area contributed by atoms with Crippen molar-refractivity contribution in [3.05, 3.63) is 71.8 Å². The minimum atomic E-state index is -1.88. The molecule has 0 spiro atoms. The number of carboxylic acids is 1. The number of hydrogen-bond acceptors (Lipinski definition) is 5. The molecule has 0 fully saturated rings. The zero-order chi connectivity index (χ0) is 19.3. The van der Waals surface area contributed by atoms with E-state index >= 15 is 0 Å². The first-order valence-electron chi connectivity index (χ1n) is 7.70. The maximum atomic E-state index is 12.5. The van der Waals surface area contributed by atoms with Crippen molar-refractivity contribution in [3.8, 4) is 0 Å². The van der Waals surface area contributed by atoms with Crippen LogP contribution in [0.4, 0.5) is 0 Å². The van der Waals surface area contributed by atoms with Crippen LogP contribution in [0.5, 0.6) is 0 Å². The van der Waals surface area contributed by atoms with E-state index in [0.717, 1.165) is 4.90 Å². The smallest absolute Gasteiger partial charge is 0.336 e. The molecular formula is C19H17NO3S3. The molecule has 0 aliphatic heterocycles. The van der Waals surface area contributed by atoms with Crippen molar-refractivity contribution in [1.29, 1.82) is 0 Å². The number of thiol groups is 1. The summed E-state index contributed by atoms with van der Waals surface area (Å²) in [5.41, 5.74) is -0.791. The lowest BCUT2D eigenvalue weighted by atomic mass is 9.89. The standard InChI is InChI=1S/C19H17NO3S3/c1-13(21)20(17(26)15-10-6-3-7-11-15)19(12-24,18(22)23)16(25)14-8-4-2-5-9-14/h2-11,24H,12H2,1H3,(H,22,23). The van der Waals surface area contributed by atoms with E-state index in [-0.39, 0.29) is 15.6 Å². The molecular weight excluding hydrogens is 386 g/mol. The van der Waals surface area contributed by atoms with Gasteiger partial charge in [-0.05, 0) is 5.56 Å². The summed E-state index contributed by atoms with van der Waals surface area (Å²) in [7, 11) is 0. The lowest BCUT2D eigenvalue weighted by molar-refractivity contribution is -0.148. The molecule has 0 aliphatic rings. The third kappa shape index (κ3) is 3.70. The Morgan fingerprint density at radius 1 is 1.00 bits per heavy atom. The number of carbonyl (C=O) groups excluding carboxylic acids is 1. The Kier molecular flexibility index (Phi) is 6.63. The van der Waals surface area contributed by atoms with Gasteiger partial charge in [0.1, 0.15) is 4.99 Å². The van der Waals surface area contributed by atoms with E-state index in [9.17, 15) is 14.7 Å². The first-order valence-corrected chi connectivity index (χ1v) is 9.15. The topological polar surface area (TPSA) is 57.6 Å². The summed E-state index contributed by atoms with van der Waals surface area (Å²) < 4.78 is 0. The van der Waals surface area contributed by atoms with Crippen LogP contribution in [0.15, 0.2) is 60.7 Å². The van der Waals surface area contributed by atoms with E-state index in [0.29, 0.717) is 11.1 Å². The summed E-state index contributed by atoms with van der Waals surface area (Å²) in [5.74, 6) is -2.02. The zero-order valence-electron chi connectivity index (χ0n) is 14.0. The highest BCUT2D eigenvalue weighted by atomic mass is 32.1. The van der Waals surface area contributed by atoms with Crippen molar-refractivity contribution in [2.24, 2.45) is 0 Å². The quantitative estimate of drug-likeness (QED) is 0.440. The number of carbonyl (C=O) groups is 2. The Bertz CT molecular complexity index is 840. The van der Waals surface area contributed by atoms with Gasteiger partial charge in [0.05, 0.1) is 4.86 Å². The highest BCUT2D eigenvalue weighted by Gasteiger charge is 2.50. The Morgan fingerprint density at radius 3 is 1.85 bits per heavy atom. The fourth-order valence-corrected chi connectivity index (χ4v) is 3.98. The minimum absolute atomic E-state index is 0.0779. The SMILES string of the molecule is CC(=O)N(C(=S)c1ccccc1)C(CS)(C(=O)O)C(=S)c1ccccc1. The van der Waals surface area contributed by atoms with Crippen LogP contribution in [0.25, 0.3) is 0 Å². The van der Waals surface area contributed by atoms with Gasteiger partial charge >= 0.3 is 5.97 Å². The lowest BCUT2D eigenvalue weighted by Crippen LogP contribution is -2.64. The van der Waals surface area contributed by atoms with Crippen molar-refractivity contribution >= 4 is 58.8 Å². The van der Waals surface area contributed by atoms with E-state index in [1.807, 2.05) is 6.07 Å². The molecule has 0 radical (unpaired) electrons. The summed E-state index contributed by atoms with van der Waals surface area (Å²) in [6.07, 6.45) is 0. The molecule has 0 aliphatic carbocycles. The molecule has 134 valence electrons. The van der Waals surface area contributed by atoms with Crippen LogP contribution in [0.2, 0.25) is 0 Å². The molecule has 4 nitrogen and oxygen atoms in total. The summed E-state index contributed by atoms with van der Waals surface area (Å²) >= 11 is 15.2. The summed E-state index contributed by atoms with van der Waals surface area (Å²) in [6, 6.07) is 17.5. The molecule has 2 aromatic carbocycles. The predicted octanol–water partition coefficient (Wildman–Crippen LogP) is 3.38. The van der Waals surface area contributed by atoms with E-state index in [2.05, 4.69) is 12.6 Å². The number of aliphatic carboxylic acids is 1. The molecule has 0 saturated carbocycles. The Morgan fingerprint density at radius 2 is 1.46 bits per heavy atom. The predicted molar refractivity (Wildman–Crippen MR) is 113 cm³/mol. The van der Waals surface area contributed by atoms with Crippen LogP contribution in [-0.4, -0.2) is 43.0 Å². The Labute approximate surface area is 168 Å². The highest BCUT2D eigenvalue weighted by Crippen LogP contribution is 2.28. The van der Waals surface area contributed by atoms with Crippen LogP contribution in [-0.2, 0) is 9.59 Å². The monoisotopic (exact) mass is 403 g/mol. The second-order valence-corrected chi connectivity index (χ2v) is 6.66. The number of carboxylic acid groups (broad SMARTS) is 1. The normalized spacial score (nSPS) is 12.7. The van der Waals surface area contributed by atoms with E-state index in [4.69, 9.17) is 24.4 Å². The fourth-order valence-electron chi connectivity index (χ4n) is 2.63. The third-order valence-electron chi connectivity index (χ3n) is 3.91. The van der Waals surface area contributed by atoms with E-state index < -0.39 is 17.4 Å². The van der Waals surface area contributed by atoms with Crippen LogP contribution < -0.4 is 0 Å². The van der Waals surface area contributed by atoms with Crippen molar-refractivity contribution < 1.29 is 14.7 Å². The van der Waals surface area contributed by atoms with Crippen molar-refractivity contribution in [2.45, 2.75) is 12.5 Å². The van der Waals surface area contributed by atoms with Gasteiger partial charge in [-0.15, -0.1) is 0 Å². The summed E-state index contributed by atoms with van der Waals surface area (Å²) in [6.45, 7) is 1.27. The number of thiocarbonyl (C=S) groups is 2. The molecule has 2 aromatic rings. The van der Waals surface area contributed by atoms with Crippen molar-refractivity contribution in [1.82, 2.24) is 4.90 Å². The number of rotatable bonds is 6. The molecule has 26 heavy (non-hydrogen) atoms. The maximum absolute atomic E-state index is 12.5. The lowest BCUT2D eigenvalue weighted by Gasteiger charge is -2.40. The minimum Gasteiger partial charge on any atom is -0.479 e. The molecule has 7 heteroatoms. The van der Waals surface area contributed by atoms with E-state index in [1.165, 1.54) is 6.92 Å². The van der Waals surface area contributed by atoms with Gasteiger partial charge in [0.15, 0.2) is 5.54 Å². The third-order valence-corrected chi connectivity index (χ3v) is 5.36. The number of nitrogens with zero attached hydrogens (tertiary/aromatic N) is 1. The molecule has 1 atom stereocenters. The fraction of sp³-hybridized carbons (Fsp3) is 0.158.